The molecule has 8 N–H and O–H groups in total. The summed E-state index contributed by atoms with van der Waals surface area (Å²) in [6.07, 6.45) is 11.3. The van der Waals surface area contributed by atoms with E-state index in [0.29, 0.717) is 56.1 Å². The molecule has 0 amide bonds. The predicted octanol–water partition coefficient (Wildman–Crippen LogP) is 5.77. The second-order valence-electron chi connectivity index (χ2n) is 14.2. The summed E-state index contributed by atoms with van der Waals surface area (Å²) >= 11 is 0. The Labute approximate surface area is 297 Å². The van der Waals surface area contributed by atoms with Crippen molar-refractivity contribution in [3.8, 4) is 23.3 Å². The molecule has 2 heterocycles. The van der Waals surface area contributed by atoms with E-state index in [-0.39, 0.29) is 30.1 Å². The number of aliphatic hydroxyl groups excluding tert-OH is 3. The summed E-state index contributed by atoms with van der Waals surface area (Å²) < 4.78 is 6.24. The van der Waals surface area contributed by atoms with Crippen LogP contribution in [0.25, 0.3) is 0 Å². The molecule has 5 rings (SSSR count). The molecule has 3 aromatic rings. The van der Waals surface area contributed by atoms with Crippen LogP contribution >= 0.6 is 0 Å². The number of aryl methyl sites for hydroxylation is 1. The standard InChI is InChI=1S/C42H55N3O5/c1-29(23-30-9-3-2-4-10-30)32-11-5-6-15-38(47)37(14-7-12-32)39(48)18-16-31-17-19-40(49)41(24-31)50-36(28-46)26-34(25-35-13-8-21-44-35)33-20-22-45-42(43)27-33/h2-4,8-10,13,17,19-21,24,27,29,32,34,36-39,44-49H,5-6,11,14-16,18,22-23,25-26,28,43H2,1H3/t29-,32+,34+,36+,37+,38+,39-/m1/s1. The number of allylic oxidation sites excluding steroid dienone is 2. The van der Waals surface area contributed by atoms with E-state index in [4.69, 9.17) is 10.5 Å². The predicted molar refractivity (Wildman–Crippen MR) is 198 cm³/mol. The van der Waals surface area contributed by atoms with Crippen molar-refractivity contribution in [2.75, 3.05) is 13.2 Å². The maximum absolute atomic E-state index is 11.3. The first kappa shape index (κ1) is 37.1. The normalized spacial score (nSPS) is 22.0. The average molecular weight is 682 g/mol. The van der Waals surface area contributed by atoms with E-state index in [1.807, 2.05) is 36.5 Å². The van der Waals surface area contributed by atoms with Gasteiger partial charge in [0.2, 0.25) is 0 Å². The number of rotatable bonds is 15. The molecule has 8 heteroatoms. The maximum Gasteiger partial charge on any atom is 0.161 e. The largest absolute Gasteiger partial charge is 0.504 e. The molecule has 0 saturated heterocycles. The number of aromatic hydroxyl groups is 1. The number of aromatic nitrogens is 1. The number of aromatic amines is 1. The van der Waals surface area contributed by atoms with Crippen molar-refractivity contribution in [3.63, 3.8) is 0 Å². The van der Waals surface area contributed by atoms with Gasteiger partial charge >= 0.3 is 0 Å². The highest BCUT2D eigenvalue weighted by atomic mass is 16.5. The van der Waals surface area contributed by atoms with Gasteiger partial charge in [-0.15, -0.1) is 5.92 Å². The van der Waals surface area contributed by atoms with E-state index in [1.54, 1.807) is 12.1 Å². The van der Waals surface area contributed by atoms with Crippen LogP contribution in [-0.2, 0) is 19.3 Å². The van der Waals surface area contributed by atoms with Crippen molar-refractivity contribution in [2.24, 2.45) is 29.4 Å². The fourth-order valence-electron chi connectivity index (χ4n) is 7.35. The highest BCUT2D eigenvalue weighted by Gasteiger charge is 2.28. The maximum atomic E-state index is 11.3. The van der Waals surface area contributed by atoms with Gasteiger partial charge in [-0.3, -0.25) is 0 Å². The lowest BCUT2D eigenvalue weighted by Crippen LogP contribution is -2.32. The Morgan fingerprint density at radius 3 is 2.60 bits per heavy atom. The minimum absolute atomic E-state index is 0.00651. The van der Waals surface area contributed by atoms with E-state index in [0.717, 1.165) is 48.9 Å². The molecule has 2 aliphatic rings. The molecule has 1 aliphatic carbocycles. The summed E-state index contributed by atoms with van der Waals surface area (Å²) in [4.78, 5) is 3.27. The molecule has 0 radical (unpaired) electrons. The van der Waals surface area contributed by atoms with Crippen molar-refractivity contribution >= 4 is 0 Å². The number of ether oxygens (including phenoxy) is 1. The number of H-pyrrole nitrogens is 1. The van der Waals surface area contributed by atoms with E-state index >= 15 is 0 Å². The van der Waals surface area contributed by atoms with Crippen molar-refractivity contribution in [3.05, 3.63) is 107 Å². The van der Waals surface area contributed by atoms with Crippen LogP contribution in [0.4, 0.5) is 0 Å². The molecule has 0 unspecified atom stereocenters. The Balaban J connectivity index is 1.20. The SMILES string of the molecule is C[C@H](Cc1ccccc1)[C@@H]1C#CC[C@H]([C@H](O)CCc2ccc(O)c(O[C@H](CO)C[C@H](Cc3ccc[nH]3)C3=CCNC(N)=C3)c2)[C@@H](O)CCCC1. The van der Waals surface area contributed by atoms with Gasteiger partial charge in [-0.2, -0.15) is 0 Å². The quantitative estimate of drug-likeness (QED) is 0.101. The summed E-state index contributed by atoms with van der Waals surface area (Å²) in [5, 5.41) is 46.6. The number of aliphatic hydroxyl groups is 3. The molecule has 2 aromatic carbocycles. The van der Waals surface area contributed by atoms with Crippen LogP contribution in [0.5, 0.6) is 11.5 Å². The minimum atomic E-state index is -0.727. The number of phenols is 1. The van der Waals surface area contributed by atoms with Crippen molar-refractivity contribution in [1.29, 1.82) is 0 Å². The third-order valence-corrected chi connectivity index (χ3v) is 10.3. The van der Waals surface area contributed by atoms with Gasteiger partial charge in [0.1, 0.15) is 6.10 Å². The monoisotopic (exact) mass is 681 g/mol. The van der Waals surface area contributed by atoms with Crippen LogP contribution in [0.2, 0.25) is 0 Å². The molecule has 0 bridgehead atoms. The Hall–Kier alpha value is -4.16. The second-order valence-corrected chi connectivity index (χ2v) is 14.2. The molecule has 268 valence electrons. The van der Waals surface area contributed by atoms with Gasteiger partial charge in [0.05, 0.1) is 24.6 Å². The molecule has 1 aromatic heterocycles. The lowest BCUT2D eigenvalue weighted by molar-refractivity contribution is 0.00551. The number of hydrogen-bond acceptors (Lipinski definition) is 7. The van der Waals surface area contributed by atoms with Crippen molar-refractivity contribution in [1.82, 2.24) is 10.3 Å². The van der Waals surface area contributed by atoms with Crippen molar-refractivity contribution < 1.29 is 25.2 Å². The zero-order chi connectivity index (χ0) is 35.3. The van der Waals surface area contributed by atoms with Gasteiger partial charge in [-0.1, -0.05) is 68.2 Å². The van der Waals surface area contributed by atoms with Crippen LogP contribution in [-0.4, -0.2) is 56.9 Å². The van der Waals surface area contributed by atoms with Crippen LogP contribution in [0.3, 0.4) is 0 Å². The van der Waals surface area contributed by atoms with E-state index in [9.17, 15) is 20.4 Å². The topological polar surface area (TPSA) is 144 Å². The van der Waals surface area contributed by atoms with Gasteiger partial charge < -0.3 is 41.2 Å². The van der Waals surface area contributed by atoms with Gasteiger partial charge in [-0.25, -0.2) is 0 Å². The molecule has 8 nitrogen and oxygen atoms in total. The van der Waals surface area contributed by atoms with Crippen LogP contribution in [0.1, 0.15) is 68.7 Å². The van der Waals surface area contributed by atoms with Crippen LogP contribution < -0.4 is 15.8 Å². The smallest absolute Gasteiger partial charge is 0.161 e. The molecular weight excluding hydrogens is 626 g/mol. The second kappa shape index (κ2) is 18.7. The summed E-state index contributed by atoms with van der Waals surface area (Å²) in [6.45, 7) is 2.69. The molecular formula is C42H55N3O5. The zero-order valence-electron chi connectivity index (χ0n) is 29.3. The minimum Gasteiger partial charge on any atom is -0.504 e. The van der Waals surface area contributed by atoms with E-state index < -0.39 is 18.3 Å². The van der Waals surface area contributed by atoms with Gasteiger partial charge in [-0.05, 0) is 104 Å². The summed E-state index contributed by atoms with van der Waals surface area (Å²) in [5.74, 6) is 8.19. The lowest BCUT2D eigenvalue weighted by Gasteiger charge is -2.28. The first-order chi connectivity index (χ1) is 24.3. The Bertz CT molecular complexity index is 1590. The van der Waals surface area contributed by atoms with Gasteiger partial charge in [0.15, 0.2) is 11.5 Å². The molecule has 50 heavy (non-hydrogen) atoms. The van der Waals surface area contributed by atoms with E-state index in [2.05, 4.69) is 59.4 Å². The Morgan fingerprint density at radius 1 is 1.02 bits per heavy atom. The van der Waals surface area contributed by atoms with Crippen LogP contribution in [0.15, 0.2) is 90.4 Å². The molecule has 1 aliphatic heterocycles. The first-order valence-corrected chi connectivity index (χ1v) is 18.3. The Kier molecular flexibility index (Phi) is 13.9. The number of nitrogens with one attached hydrogen (secondary N) is 2. The number of nitrogens with two attached hydrogens (primary N) is 1. The summed E-state index contributed by atoms with van der Waals surface area (Å²) in [5.41, 5.74) is 10.5. The Morgan fingerprint density at radius 2 is 1.84 bits per heavy atom. The molecule has 0 fully saturated rings. The van der Waals surface area contributed by atoms with Gasteiger partial charge in [0, 0.05) is 36.7 Å². The highest BCUT2D eigenvalue weighted by Crippen LogP contribution is 2.33. The zero-order valence-corrected chi connectivity index (χ0v) is 29.3. The fourth-order valence-corrected chi connectivity index (χ4v) is 7.35. The van der Waals surface area contributed by atoms with E-state index in [1.165, 1.54) is 5.56 Å². The summed E-state index contributed by atoms with van der Waals surface area (Å²) in [7, 11) is 0. The molecule has 0 saturated carbocycles. The van der Waals surface area contributed by atoms with Gasteiger partial charge in [0.25, 0.3) is 0 Å². The first-order valence-electron chi connectivity index (χ1n) is 18.3. The summed E-state index contributed by atoms with van der Waals surface area (Å²) in [6, 6.07) is 19.8. The lowest BCUT2D eigenvalue weighted by atomic mass is 9.82. The number of hydrogen-bond donors (Lipinski definition) is 7. The average Bonchev–Trinajstić information content (AvgIpc) is 3.64. The third kappa shape index (κ3) is 10.9. The number of dihydropyridines is 1. The fraction of sp³-hybridized carbons (Fsp3) is 0.476. The highest BCUT2D eigenvalue weighted by molar-refractivity contribution is 5.42. The number of phenolic OH excluding ortho intramolecular Hbond substituents is 1. The molecule has 0 spiro atoms. The van der Waals surface area contributed by atoms with Crippen LogP contribution in [0, 0.1) is 35.5 Å². The number of benzene rings is 2. The van der Waals surface area contributed by atoms with Crippen molar-refractivity contribution in [2.45, 2.75) is 89.4 Å². The third-order valence-electron chi connectivity index (χ3n) is 10.3. The molecule has 7 atom stereocenters.